The predicted octanol–water partition coefficient (Wildman–Crippen LogP) is 4.37. The zero-order chi connectivity index (χ0) is 19.6. The Morgan fingerprint density at radius 3 is 2.61 bits per heavy atom. The molecule has 0 unspecified atom stereocenters. The van der Waals surface area contributed by atoms with Crippen molar-refractivity contribution in [3.63, 3.8) is 0 Å². The first kappa shape index (κ1) is 18.8. The van der Waals surface area contributed by atoms with Gasteiger partial charge in [-0.1, -0.05) is 54.1 Å². The van der Waals surface area contributed by atoms with E-state index >= 15 is 0 Å². The summed E-state index contributed by atoms with van der Waals surface area (Å²) in [6, 6.07) is 15.0. The van der Waals surface area contributed by atoms with E-state index in [1.165, 1.54) is 16.7 Å². The Morgan fingerprint density at radius 1 is 1.14 bits per heavy atom. The van der Waals surface area contributed by atoms with Crippen molar-refractivity contribution >= 4 is 18.1 Å². The minimum absolute atomic E-state index is 0.0911. The maximum Gasteiger partial charge on any atom is 0.304 e. The molecule has 4 nitrogen and oxygen atoms in total. The second kappa shape index (κ2) is 7.80. The third-order valence-corrected chi connectivity index (χ3v) is 6.05. The van der Waals surface area contributed by atoms with Crippen LogP contribution in [-0.4, -0.2) is 42.2 Å². The summed E-state index contributed by atoms with van der Waals surface area (Å²) >= 11 is 0. The minimum atomic E-state index is -0.721. The second-order valence-corrected chi connectivity index (χ2v) is 8.06. The molecule has 0 aromatic heterocycles. The van der Waals surface area contributed by atoms with Crippen molar-refractivity contribution in [1.82, 2.24) is 4.90 Å². The molecule has 1 N–H and O–H groups in total. The number of carboxylic acids is 1. The summed E-state index contributed by atoms with van der Waals surface area (Å²) < 4.78 is 6.09. The standard InChI is InChI=1S/C24H27NO3/c1-18-3-2-4-19(15-18)5-6-20-7-8-21-22(16-20)28-17-24(21)10-13-25(14-11-24)12-9-23(26)27/h2-8,15-16H,9-14,17H2,1H3,(H,26,27)/b6-5+. The van der Waals surface area contributed by atoms with Gasteiger partial charge in [-0.2, -0.15) is 0 Å². The van der Waals surface area contributed by atoms with Crippen LogP contribution in [0, 0.1) is 6.92 Å². The number of benzene rings is 2. The smallest absolute Gasteiger partial charge is 0.304 e. The van der Waals surface area contributed by atoms with Crippen LogP contribution in [0.15, 0.2) is 42.5 Å². The first-order valence-electron chi connectivity index (χ1n) is 10.0. The average Bonchev–Trinajstić information content (AvgIpc) is 3.04. The van der Waals surface area contributed by atoms with E-state index in [4.69, 9.17) is 9.84 Å². The van der Waals surface area contributed by atoms with Gasteiger partial charge in [0.05, 0.1) is 13.0 Å². The van der Waals surface area contributed by atoms with E-state index in [9.17, 15) is 4.79 Å². The Kier molecular flexibility index (Phi) is 5.23. The molecular weight excluding hydrogens is 350 g/mol. The molecular formula is C24H27NO3. The van der Waals surface area contributed by atoms with E-state index in [-0.39, 0.29) is 11.8 Å². The van der Waals surface area contributed by atoms with Gasteiger partial charge >= 0.3 is 5.97 Å². The number of ether oxygens (including phenoxy) is 1. The van der Waals surface area contributed by atoms with Crippen molar-refractivity contribution in [3.8, 4) is 5.75 Å². The van der Waals surface area contributed by atoms with Crippen LogP contribution in [0.1, 0.15) is 41.5 Å². The number of hydrogen-bond donors (Lipinski definition) is 1. The molecule has 1 fully saturated rings. The zero-order valence-electron chi connectivity index (χ0n) is 16.4. The highest BCUT2D eigenvalue weighted by Crippen LogP contribution is 2.45. The van der Waals surface area contributed by atoms with E-state index in [1.807, 2.05) is 0 Å². The predicted molar refractivity (Wildman–Crippen MR) is 112 cm³/mol. The first-order chi connectivity index (χ1) is 13.5. The monoisotopic (exact) mass is 377 g/mol. The lowest BCUT2D eigenvalue weighted by atomic mass is 9.74. The number of nitrogens with zero attached hydrogens (tertiary/aromatic N) is 1. The summed E-state index contributed by atoms with van der Waals surface area (Å²) in [5.41, 5.74) is 5.02. The number of rotatable bonds is 5. The molecule has 0 saturated carbocycles. The van der Waals surface area contributed by atoms with Crippen molar-refractivity contribution in [2.45, 2.75) is 31.6 Å². The van der Waals surface area contributed by atoms with Crippen LogP contribution in [0.2, 0.25) is 0 Å². The molecule has 2 aromatic rings. The fourth-order valence-electron chi connectivity index (χ4n) is 4.33. The van der Waals surface area contributed by atoms with Gasteiger partial charge < -0.3 is 14.7 Å². The Hall–Kier alpha value is -2.59. The Bertz CT molecular complexity index is 894. The van der Waals surface area contributed by atoms with Crippen LogP contribution >= 0.6 is 0 Å². The van der Waals surface area contributed by atoms with Gasteiger partial charge in [-0.15, -0.1) is 0 Å². The van der Waals surface area contributed by atoms with Gasteiger partial charge in [-0.3, -0.25) is 4.79 Å². The molecule has 2 heterocycles. The summed E-state index contributed by atoms with van der Waals surface area (Å²) in [6.07, 6.45) is 6.55. The van der Waals surface area contributed by atoms with Crippen LogP contribution in [-0.2, 0) is 10.2 Å². The minimum Gasteiger partial charge on any atom is -0.492 e. The summed E-state index contributed by atoms with van der Waals surface area (Å²) in [5.74, 6) is 0.284. The molecule has 2 aliphatic rings. The third kappa shape index (κ3) is 3.97. The van der Waals surface area contributed by atoms with Gasteiger partial charge in [-0.05, 0) is 50.0 Å². The van der Waals surface area contributed by atoms with Crippen LogP contribution < -0.4 is 4.74 Å². The SMILES string of the molecule is Cc1cccc(/C=C/c2ccc3c(c2)OCC32CCN(CCC(=O)O)CC2)c1. The van der Waals surface area contributed by atoms with Crippen LogP contribution in [0.4, 0.5) is 0 Å². The van der Waals surface area contributed by atoms with E-state index < -0.39 is 5.97 Å². The Labute approximate surface area is 166 Å². The number of fused-ring (bicyclic) bond motifs is 2. The van der Waals surface area contributed by atoms with E-state index in [2.05, 4.69) is 66.4 Å². The summed E-state index contributed by atoms with van der Waals surface area (Å²) in [6.45, 7) is 5.35. The molecule has 146 valence electrons. The second-order valence-electron chi connectivity index (χ2n) is 8.06. The third-order valence-electron chi connectivity index (χ3n) is 6.05. The normalized spacial score (nSPS) is 18.3. The number of piperidine rings is 1. The van der Waals surface area contributed by atoms with Crippen molar-refractivity contribution in [2.24, 2.45) is 0 Å². The van der Waals surface area contributed by atoms with Crippen molar-refractivity contribution < 1.29 is 14.6 Å². The van der Waals surface area contributed by atoms with Gasteiger partial charge in [0.1, 0.15) is 5.75 Å². The Balaban J connectivity index is 1.45. The zero-order valence-corrected chi connectivity index (χ0v) is 16.4. The van der Waals surface area contributed by atoms with Crippen LogP contribution in [0.5, 0.6) is 5.75 Å². The topological polar surface area (TPSA) is 49.8 Å². The van der Waals surface area contributed by atoms with Crippen LogP contribution in [0.3, 0.4) is 0 Å². The van der Waals surface area contributed by atoms with Gasteiger partial charge in [0.25, 0.3) is 0 Å². The molecule has 1 saturated heterocycles. The van der Waals surface area contributed by atoms with E-state index in [1.54, 1.807) is 0 Å². The number of hydrogen-bond acceptors (Lipinski definition) is 3. The molecule has 28 heavy (non-hydrogen) atoms. The molecule has 0 bridgehead atoms. The van der Waals surface area contributed by atoms with Crippen molar-refractivity contribution in [2.75, 3.05) is 26.2 Å². The fraction of sp³-hybridized carbons (Fsp3) is 0.375. The highest BCUT2D eigenvalue weighted by atomic mass is 16.5. The molecule has 2 aliphatic heterocycles. The quantitative estimate of drug-likeness (QED) is 0.787. The van der Waals surface area contributed by atoms with Gasteiger partial charge in [0.15, 0.2) is 0 Å². The van der Waals surface area contributed by atoms with Crippen LogP contribution in [0.25, 0.3) is 12.2 Å². The molecule has 0 radical (unpaired) electrons. The maximum absolute atomic E-state index is 10.8. The molecule has 0 amide bonds. The lowest BCUT2D eigenvalue weighted by Gasteiger charge is -2.38. The molecule has 4 heteroatoms. The van der Waals surface area contributed by atoms with E-state index in [0.29, 0.717) is 6.54 Å². The largest absolute Gasteiger partial charge is 0.492 e. The fourth-order valence-corrected chi connectivity index (χ4v) is 4.33. The summed E-state index contributed by atoms with van der Waals surface area (Å²) in [4.78, 5) is 13.1. The van der Waals surface area contributed by atoms with Crippen molar-refractivity contribution in [3.05, 3.63) is 64.7 Å². The summed E-state index contributed by atoms with van der Waals surface area (Å²) in [7, 11) is 0. The number of aryl methyl sites for hydroxylation is 1. The Morgan fingerprint density at radius 2 is 1.89 bits per heavy atom. The van der Waals surface area contributed by atoms with Gasteiger partial charge in [0, 0.05) is 17.5 Å². The van der Waals surface area contributed by atoms with Crippen molar-refractivity contribution in [1.29, 1.82) is 0 Å². The molecule has 4 rings (SSSR count). The van der Waals surface area contributed by atoms with E-state index in [0.717, 1.165) is 43.9 Å². The van der Waals surface area contributed by atoms with Gasteiger partial charge in [-0.25, -0.2) is 0 Å². The maximum atomic E-state index is 10.8. The average molecular weight is 377 g/mol. The highest BCUT2D eigenvalue weighted by molar-refractivity contribution is 5.71. The van der Waals surface area contributed by atoms with Gasteiger partial charge in [0.2, 0.25) is 0 Å². The lowest BCUT2D eigenvalue weighted by Crippen LogP contribution is -2.44. The summed E-state index contributed by atoms with van der Waals surface area (Å²) in [5, 5.41) is 8.88. The molecule has 0 aliphatic carbocycles. The number of likely N-dealkylation sites (tertiary alicyclic amines) is 1. The highest BCUT2D eigenvalue weighted by Gasteiger charge is 2.42. The first-order valence-corrected chi connectivity index (χ1v) is 10.0. The number of aliphatic carboxylic acids is 1. The molecule has 2 aromatic carbocycles. The lowest BCUT2D eigenvalue weighted by molar-refractivity contribution is -0.137. The molecule has 0 atom stereocenters. The number of carboxylic acid groups (broad SMARTS) is 1. The molecule has 1 spiro atoms. The number of carbonyl (C=O) groups is 1.